The van der Waals surface area contributed by atoms with Crippen molar-refractivity contribution in [1.29, 1.82) is 0 Å². The van der Waals surface area contributed by atoms with Crippen LogP contribution in [0.15, 0.2) is 24.3 Å². The van der Waals surface area contributed by atoms with Crippen molar-refractivity contribution in [2.75, 3.05) is 12.4 Å². The zero-order valence-electron chi connectivity index (χ0n) is 11.1. The number of benzene rings is 1. The van der Waals surface area contributed by atoms with Crippen LogP contribution in [0.5, 0.6) is 0 Å². The lowest BCUT2D eigenvalue weighted by atomic mass is 9.85. The Morgan fingerprint density at radius 1 is 1.44 bits per heavy atom. The van der Waals surface area contributed by atoms with Crippen LogP contribution in [0.25, 0.3) is 0 Å². The molecule has 3 nitrogen and oxygen atoms in total. The second-order valence-electron chi connectivity index (χ2n) is 4.88. The van der Waals surface area contributed by atoms with Gasteiger partial charge in [-0.2, -0.15) is 0 Å². The van der Waals surface area contributed by atoms with Crippen LogP contribution in [0.2, 0.25) is 0 Å². The van der Waals surface area contributed by atoms with Crippen molar-refractivity contribution in [3.8, 4) is 0 Å². The zero-order valence-corrected chi connectivity index (χ0v) is 11.1. The summed E-state index contributed by atoms with van der Waals surface area (Å²) in [7, 11) is 1.47. The first-order valence-electron chi connectivity index (χ1n) is 6.69. The van der Waals surface area contributed by atoms with Crippen molar-refractivity contribution < 1.29 is 9.53 Å². The predicted octanol–water partition coefficient (Wildman–Crippen LogP) is 3.32. The van der Waals surface area contributed by atoms with Crippen molar-refractivity contribution >= 4 is 11.7 Å². The fourth-order valence-electron chi connectivity index (χ4n) is 2.63. The maximum atomic E-state index is 11.9. The van der Waals surface area contributed by atoms with E-state index < -0.39 is 0 Å². The molecule has 1 heterocycles. The Hall–Kier alpha value is -1.51. The van der Waals surface area contributed by atoms with Gasteiger partial charge < -0.3 is 10.1 Å². The fraction of sp³-hybridized carbons (Fsp3) is 0.533. The maximum Gasteiger partial charge on any atom is 0.313 e. The van der Waals surface area contributed by atoms with Gasteiger partial charge in [-0.1, -0.05) is 38.0 Å². The molecule has 0 amide bonds. The first-order valence-corrected chi connectivity index (χ1v) is 6.69. The van der Waals surface area contributed by atoms with E-state index in [0.29, 0.717) is 6.04 Å². The molecule has 1 aromatic carbocycles. The molecule has 0 aliphatic carbocycles. The average Bonchev–Trinajstić information content (AvgIpc) is 2.43. The molecular weight excluding hydrogens is 226 g/mol. The monoisotopic (exact) mass is 247 g/mol. The third kappa shape index (κ3) is 2.66. The number of carbonyl (C=O) groups is 1. The standard InChI is InChI=1S/C15H21NO2/c1-3-4-7-11-10-13(15(17)18-2)12-8-5-6-9-14(12)16-11/h5-6,8-9,11,13,16H,3-4,7,10H2,1-2H3/t11-,13+/m1/s1. The summed E-state index contributed by atoms with van der Waals surface area (Å²) in [5.74, 6) is -0.236. The van der Waals surface area contributed by atoms with Crippen LogP contribution < -0.4 is 5.32 Å². The highest BCUT2D eigenvalue weighted by molar-refractivity contribution is 5.81. The minimum Gasteiger partial charge on any atom is -0.469 e. The number of para-hydroxylation sites is 1. The Labute approximate surface area is 109 Å². The molecule has 1 aliphatic rings. The number of carbonyl (C=O) groups excluding carboxylic acids is 1. The van der Waals surface area contributed by atoms with Crippen molar-refractivity contribution in [3.63, 3.8) is 0 Å². The molecule has 0 spiro atoms. The second-order valence-corrected chi connectivity index (χ2v) is 4.88. The van der Waals surface area contributed by atoms with E-state index in [1.807, 2.05) is 24.3 Å². The molecule has 0 aromatic heterocycles. The number of hydrogen-bond acceptors (Lipinski definition) is 3. The van der Waals surface area contributed by atoms with Gasteiger partial charge in [0, 0.05) is 11.7 Å². The van der Waals surface area contributed by atoms with E-state index in [4.69, 9.17) is 4.74 Å². The third-order valence-electron chi connectivity index (χ3n) is 3.61. The van der Waals surface area contributed by atoms with E-state index in [2.05, 4.69) is 12.2 Å². The normalized spacial score (nSPS) is 21.9. The summed E-state index contributed by atoms with van der Waals surface area (Å²) < 4.78 is 4.93. The van der Waals surface area contributed by atoms with Gasteiger partial charge in [0.2, 0.25) is 0 Å². The summed E-state index contributed by atoms with van der Waals surface area (Å²) in [5.41, 5.74) is 2.15. The van der Waals surface area contributed by atoms with E-state index in [1.165, 1.54) is 20.0 Å². The first-order chi connectivity index (χ1) is 8.76. The van der Waals surface area contributed by atoms with E-state index in [9.17, 15) is 4.79 Å². The van der Waals surface area contributed by atoms with Crippen LogP contribution in [0.1, 0.15) is 44.1 Å². The molecule has 18 heavy (non-hydrogen) atoms. The summed E-state index contributed by atoms with van der Waals surface area (Å²) in [6.07, 6.45) is 4.32. The minimum atomic E-state index is -0.120. The van der Waals surface area contributed by atoms with Crippen molar-refractivity contribution in [2.45, 2.75) is 44.6 Å². The molecule has 1 aliphatic heterocycles. The van der Waals surface area contributed by atoms with Gasteiger partial charge in [-0.3, -0.25) is 4.79 Å². The Morgan fingerprint density at radius 2 is 2.22 bits per heavy atom. The number of nitrogens with one attached hydrogen (secondary N) is 1. The topological polar surface area (TPSA) is 38.3 Å². The molecule has 0 saturated heterocycles. The molecular formula is C15H21NO2. The van der Waals surface area contributed by atoms with Crippen LogP contribution in [-0.4, -0.2) is 19.1 Å². The largest absolute Gasteiger partial charge is 0.469 e. The van der Waals surface area contributed by atoms with E-state index >= 15 is 0 Å². The van der Waals surface area contributed by atoms with Gasteiger partial charge in [0.1, 0.15) is 0 Å². The Morgan fingerprint density at radius 3 is 2.94 bits per heavy atom. The van der Waals surface area contributed by atoms with Gasteiger partial charge in [0.05, 0.1) is 13.0 Å². The third-order valence-corrected chi connectivity index (χ3v) is 3.61. The minimum absolute atomic E-state index is 0.116. The quantitative estimate of drug-likeness (QED) is 0.829. The molecule has 0 fully saturated rings. The predicted molar refractivity (Wildman–Crippen MR) is 72.8 cm³/mol. The van der Waals surface area contributed by atoms with Crippen LogP contribution >= 0.6 is 0 Å². The fourth-order valence-corrected chi connectivity index (χ4v) is 2.63. The molecule has 1 N–H and O–H groups in total. The Balaban J connectivity index is 2.21. The van der Waals surface area contributed by atoms with Crippen molar-refractivity contribution in [3.05, 3.63) is 29.8 Å². The van der Waals surface area contributed by atoms with Crippen LogP contribution in [0, 0.1) is 0 Å². The highest BCUT2D eigenvalue weighted by atomic mass is 16.5. The number of fused-ring (bicyclic) bond motifs is 1. The maximum absolute atomic E-state index is 11.9. The van der Waals surface area contributed by atoms with Gasteiger partial charge in [-0.15, -0.1) is 0 Å². The van der Waals surface area contributed by atoms with E-state index in [0.717, 1.165) is 24.1 Å². The lowest BCUT2D eigenvalue weighted by Crippen LogP contribution is -2.31. The SMILES string of the molecule is CCCC[C@@H]1C[C@H](C(=O)OC)c2ccccc2N1. The van der Waals surface area contributed by atoms with Gasteiger partial charge in [-0.25, -0.2) is 0 Å². The number of rotatable bonds is 4. The zero-order chi connectivity index (χ0) is 13.0. The molecule has 0 unspecified atom stereocenters. The van der Waals surface area contributed by atoms with Crippen molar-refractivity contribution in [1.82, 2.24) is 0 Å². The molecule has 98 valence electrons. The van der Waals surface area contributed by atoms with E-state index in [1.54, 1.807) is 0 Å². The van der Waals surface area contributed by atoms with E-state index in [-0.39, 0.29) is 11.9 Å². The lowest BCUT2D eigenvalue weighted by Gasteiger charge is -2.31. The number of anilines is 1. The first kappa shape index (κ1) is 12.9. The van der Waals surface area contributed by atoms with Gasteiger partial charge in [0.25, 0.3) is 0 Å². The van der Waals surface area contributed by atoms with Crippen LogP contribution in [0.4, 0.5) is 5.69 Å². The molecule has 3 heteroatoms. The summed E-state index contributed by atoms with van der Waals surface area (Å²) in [6, 6.07) is 8.41. The number of unbranched alkanes of at least 4 members (excludes halogenated alkanes) is 1. The molecule has 0 radical (unpaired) electrons. The number of ether oxygens (including phenoxy) is 1. The molecule has 2 rings (SSSR count). The summed E-state index contributed by atoms with van der Waals surface area (Å²) in [5, 5.41) is 3.53. The smallest absolute Gasteiger partial charge is 0.313 e. The van der Waals surface area contributed by atoms with Gasteiger partial charge in [-0.05, 0) is 24.5 Å². The highest BCUT2D eigenvalue weighted by Gasteiger charge is 2.31. The Bertz CT molecular complexity index is 417. The molecule has 2 atom stereocenters. The number of esters is 1. The van der Waals surface area contributed by atoms with Crippen LogP contribution in [-0.2, 0) is 9.53 Å². The lowest BCUT2D eigenvalue weighted by molar-refractivity contribution is -0.142. The summed E-state index contributed by atoms with van der Waals surface area (Å²) in [6.45, 7) is 2.19. The average molecular weight is 247 g/mol. The van der Waals surface area contributed by atoms with Crippen molar-refractivity contribution in [2.24, 2.45) is 0 Å². The Kier molecular flexibility index (Phi) is 4.24. The van der Waals surface area contributed by atoms with Gasteiger partial charge in [0.15, 0.2) is 0 Å². The highest BCUT2D eigenvalue weighted by Crippen LogP contribution is 2.36. The molecule has 1 aromatic rings. The summed E-state index contributed by atoms with van der Waals surface area (Å²) in [4.78, 5) is 11.9. The molecule has 0 saturated carbocycles. The van der Waals surface area contributed by atoms with Crippen LogP contribution in [0.3, 0.4) is 0 Å². The number of hydrogen-bond donors (Lipinski definition) is 1. The summed E-state index contributed by atoms with van der Waals surface area (Å²) >= 11 is 0. The second kappa shape index (κ2) is 5.89. The molecule has 0 bridgehead atoms. The van der Waals surface area contributed by atoms with Gasteiger partial charge >= 0.3 is 5.97 Å². The number of methoxy groups -OCH3 is 1.